The maximum absolute atomic E-state index is 14.6. The standard InChI is InChI=1S/C51H88N18O10S/c1-30(27-41(55)70)42(71)63-36(18-11-24-60-50(56)57)43(72)65-37(19-12-25-61-51(58)59)44(73)67-38(20-26-80-2)47(76)64-35(16-6-9-22-53)46(75)69-40(28-31-29-62-33-14-4-3-13-32(31)33)48(77)66-34(15-5-8-21-52)45(74)68-39(49(78)79)17-7-10-23-54/h3-4,13-14,29-30,34-40,62H,5-12,15-28,52-54H2,1-2H3,(H2,55,70)(H,63,71)(H,64,76)(H,65,72)(H,66,77)(H,67,73)(H,68,74)(H,69,75)(H,78,79)(H4,56,57,60)(H4,58,59,61)/t30-,34-,35-,36-,37-,38-,39-,40-/m0/s1. The number of amides is 8. The molecule has 0 radical (unpaired) electrons. The van der Waals surface area contributed by atoms with Gasteiger partial charge in [-0.3, -0.25) is 48.3 Å². The van der Waals surface area contributed by atoms with Gasteiger partial charge in [0.15, 0.2) is 11.9 Å². The molecular weight excluding hydrogens is 1060 g/mol. The lowest BCUT2D eigenvalue weighted by Gasteiger charge is -2.28. The van der Waals surface area contributed by atoms with E-state index in [1.54, 1.807) is 12.5 Å². The second-order valence-electron chi connectivity index (χ2n) is 19.4. The predicted molar refractivity (Wildman–Crippen MR) is 308 cm³/mol. The van der Waals surface area contributed by atoms with Gasteiger partial charge in [-0.05, 0) is 133 Å². The maximum Gasteiger partial charge on any atom is 0.326 e. The topological polar surface area (TPSA) is 507 Å². The van der Waals surface area contributed by atoms with Crippen LogP contribution < -0.4 is 83.1 Å². The number of aliphatic carboxylic acids is 1. The maximum atomic E-state index is 14.6. The number of carbonyl (C=O) groups excluding carboxylic acids is 8. The van der Waals surface area contributed by atoms with Crippen LogP contribution in [0.5, 0.6) is 0 Å². The van der Waals surface area contributed by atoms with Crippen molar-refractivity contribution in [2.75, 3.05) is 44.7 Å². The zero-order chi connectivity index (χ0) is 59.6. The van der Waals surface area contributed by atoms with Gasteiger partial charge >= 0.3 is 5.97 Å². The van der Waals surface area contributed by atoms with Gasteiger partial charge in [-0.15, -0.1) is 0 Å². The first-order valence-corrected chi connectivity index (χ1v) is 28.4. The Morgan fingerprint density at radius 1 is 0.525 bits per heavy atom. The third-order valence-electron chi connectivity index (χ3n) is 12.8. The summed E-state index contributed by atoms with van der Waals surface area (Å²) in [5.74, 6) is -8.25. The number of carboxylic acids is 1. The van der Waals surface area contributed by atoms with Crippen molar-refractivity contribution < 1.29 is 48.3 Å². The molecule has 2 rings (SSSR count). The molecule has 8 atom stereocenters. The molecule has 0 unspecified atom stereocenters. The van der Waals surface area contributed by atoms with Gasteiger partial charge in [-0.1, -0.05) is 25.1 Å². The summed E-state index contributed by atoms with van der Waals surface area (Å²) in [4.78, 5) is 134. The number of aromatic nitrogens is 1. The van der Waals surface area contributed by atoms with Crippen LogP contribution in [0, 0.1) is 5.92 Å². The average molecular weight is 1150 g/mol. The van der Waals surface area contributed by atoms with Crippen LogP contribution in [0.2, 0.25) is 0 Å². The number of nitrogens with zero attached hydrogens (tertiary/aromatic N) is 2. The number of nitrogens with two attached hydrogens (primary N) is 8. The van der Waals surface area contributed by atoms with Crippen LogP contribution in [0.3, 0.4) is 0 Å². The fraction of sp³-hybridized carbons (Fsp3) is 0.627. The minimum Gasteiger partial charge on any atom is -0.480 e. The molecule has 1 aromatic heterocycles. The molecule has 0 fully saturated rings. The Morgan fingerprint density at radius 3 is 1.31 bits per heavy atom. The van der Waals surface area contributed by atoms with Gasteiger partial charge in [-0.2, -0.15) is 11.8 Å². The van der Waals surface area contributed by atoms with Crippen LogP contribution in [0.25, 0.3) is 10.9 Å². The number of aliphatic imine (C=N–C) groups is 2. The Morgan fingerprint density at radius 2 is 0.900 bits per heavy atom. The van der Waals surface area contributed by atoms with Crippen LogP contribution >= 0.6 is 11.8 Å². The van der Waals surface area contributed by atoms with Gasteiger partial charge < -0.3 is 93.2 Å². The molecular formula is C51H88N18O10S. The lowest BCUT2D eigenvalue weighted by molar-refractivity contribution is -0.142. The fourth-order valence-electron chi connectivity index (χ4n) is 8.39. The number of hydrogen-bond acceptors (Lipinski definition) is 15. The van der Waals surface area contributed by atoms with E-state index in [0.29, 0.717) is 62.9 Å². The zero-order valence-electron chi connectivity index (χ0n) is 46.1. The number of carboxylic acid groups (broad SMARTS) is 1. The Bertz CT molecular complexity index is 2360. The molecule has 0 spiro atoms. The van der Waals surface area contributed by atoms with E-state index in [4.69, 9.17) is 45.9 Å². The molecule has 0 bridgehead atoms. The molecule has 0 saturated heterocycles. The second-order valence-corrected chi connectivity index (χ2v) is 20.4. The number of carbonyl (C=O) groups is 9. The highest BCUT2D eigenvalue weighted by Gasteiger charge is 2.35. The Balaban J connectivity index is 2.57. The van der Waals surface area contributed by atoms with Crippen molar-refractivity contribution in [2.45, 2.75) is 152 Å². The van der Waals surface area contributed by atoms with E-state index in [1.165, 1.54) is 18.7 Å². The predicted octanol–water partition coefficient (Wildman–Crippen LogP) is -3.05. The lowest BCUT2D eigenvalue weighted by atomic mass is 10.0. The molecule has 1 aromatic carbocycles. The fourth-order valence-corrected chi connectivity index (χ4v) is 8.87. The monoisotopic (exact) mass is 1140 g/mol. The molecule has 448 valence electrons. The van der Waals surface area contributed by atoms with Crippen molar-refractivity contribution in [2.24, 2.45) is 61.8 Å². The number of rotatable bonds is 42. The van der Waals surface area contributed by atoms with Crippen LogP contribution in [0.4, 0.5) is 0 Å². The highest BCUT2D eigenvalue weighted by atomic mass is 32.2. The van der Waals surface area contributed by atoms with Gasteiger partial charge in [-0.25, -0.2) is 4.79 Å². The Labute approximate surface area is 471 Å². The number of H-pyrrole nitrogens is 1. The largest absolute Gasteiger partial charge is 0.480 e. The third kappa shape index (κ3) is 26.6. The molecule has 28 nitrogen and oxygen atoms in total. The number of guanidine groups is 2. The first-order chi connectivity index (χ1) is 38.1. The number of benzene rings is 1. The highest BCUT2D eigenvalue weighted by molar-refractivity contribution is 7.98. The summed E-state index contributed by atoms with van der Waals surface area (Å²) < 4.78 is 0. The van der Waals surface area contributed by atoms with E-state index >= 15 is 0 Å². The van der Waals surface area contributed by atoms with E-state index in [1.807, 2.05) is 24.3 Å². The van der Waals surface area contributed by atoms with Gasteiger partial charge in [0.05, 0.1) is 0 Å². The number of primary amides is 1. The average Bonchev–Trinajstić information content (AvgIpc) is 3.82. The van der Waals surface area contributed by atoms with E-state index in [2.05, 4.69) is 52.2 Å². The van der Waals surface area contributed by atoms with Gasteiger partial charge in [0.2, 0.25) is 47.3 Å². The first-order valence-electron chi connectivity index (χ1n) is 27.0. The summed E-state index contributed by atoms with van der Waals surface area (Å²) in [6.07, 6.45) is 6.38. The van der Waals surface area contributed by atoms with Gasteiger partial charge in [0.1, 0.15) is 42.3 Å². The van der Waals surface area contributed by atoms with Gasteiger partial charge in [0.25, 0.3) is 0 Å². The summed E-state index contributed by atoms with van der Waals surface area (Å²) in [5.41, 5.74) is 45.9. The quantitative estimate of drug-likeness (QED) is 0.0178. The summed E-state index contributed by atoms with van der Waals surface area (Å²) in [6.45, 7) is 2.50. The molecule has 0 saturated carbocycles. The number of unbranched alkanes of at least 4 members (excludes halogenated alkanes) is 3. The second kappa shape index (κ2) is 38.4. The SMILES string of the molecule is CSCC[C@H](NC(=O)[C@H](CCCN=C(N)N)NC(=O)[C@H](CCCN=C(N)N)NC(=O)[C@@H](C)CC(N)=O)C(=O)N[C@@H](CCCCN)C(=O)N[C@@H](Cc1c[nH]c2ccccc12)C(=O)N[C@@H](CCCCN)C(=O)N[C@@H](CCCCN)C(=O)O. The minimum atomic E-state index is -1.36. The number of aromatic amines is 1. The van der Waals surface area contributed by atoms with Crippen molar-refractivity contribution in [3.05, 3.63) is 36.0 Å². The first kappa shape index (κ1) is 68.9. The normalized spacial score (nSPS) is 14.1. The molecule has 0 aliphatic rings. The summed E-state index contributed by atoms with van der Waals surface area (Å²) in [5, 5.41) is 29.6. The van der Waals surface area contributed by atoms with Crippen LogP contribution in [0.1, 0.15) is 109 Å². The third-order valence-corrected chi connectivity index (χ3v) is 13.5. The number of para-hydroxylation sites is 1. The van der Waals surface area contributed by atoms with Crippen molar-refractivity contribution >= 4 is 87.8 Å². The zero-order valence-corrected chi connectivity index (χ0v) is 46.9. The van der Waals surface area contributed by atoms with E-state index < -0.39 is 101 Å². The number of fused-ring (bicyclic) bond motifs is 1. The Kier molecular flexibility index (Phi) is 33.0. The smallest absolute Gasteiger partial charge is 0.326 e. The van der Waals surface area contributed by atoms with E-state index in [-0.39, 0.29) is 95.8 Å². The molecule has 25 N–H and O–H groups in total. The molecule has 0 aliphatic heterocycles. The highest BCUT2D eigenvalue weighted by Crippen LogP contribution is 2.20. The Hall–Kier alpha value is -7.24. The van der Waals surface area contributed by atoms with Crippen LogP contribution in [-0.4, -0.2) is 162 Å². The number of nitrogens with one attached hydrogen (secondary N) is 8. The summed E-state index contributed by atoms with van der Waals surface area (Å²) in [6, 6.07) is -1.72. The molecule has 0 aliphatic carbocycles. The number of thioether (sulfide) groups is 1. The molecule has 8 amide bonds. The molecule has 29 heteroatoms. The van der Waals surface area contributed by atoms with Crippen molar-refractivity contribution in [1.82, 2.24) is 42.2 Å². The molecule has 1 heterocycles. The minimum absolute atomic E-state index is 0.00450. The van der Waals surface area contributed by atoms with Crippen LogP contribution in [-0.2, 0) is 49.6 Å². The van der Waals surface area contributed by atoms with Crippen molar-refractivity contribution in [1.29, 1.82) is 0 Å². The van der Waals surface area contributed by atoms with E-state index in [9.17, 15) is 48.3 Å². The lowest BCUT2D eigenvalue weighted by Crippen LogP contribution is -2.60. The molecule has 2 aromatic rings. The van der Waals surface area contributed by atoms with Crippen molar-refractivity contribution in [3.63, 3.8) is 0 Å². The van der Waals surface area contributed by atoms with Gasteiger partial charge in [0, 0.05) is 48.9 Å². The van der Waals surface area contributed by atoms with Crippen molar-refractivity contribution in [3.8, 4) is 0 Å². The summed E-state index contributed by atoms with van der Waals surface area (Å²) in [7, 11) is 0. The summed E-state index contributed by atoms with van der Waals surface area (Å²) >= 11 is 1.38. The van der Waals surface area contributed by atoms with E-state index in [0.717, 1.165) is 10.9 Å². The van der Waals surface area contributed by atoms with Crippen LogP contribution in [0.15, 0.2) is 40.4 Å². The molecule has 80 heavy (non-hydrogen) atoms. The number of hydrogen-bond donors (Lipinski definition) is 17.